The number of aliphatic hydroxyl groups excluding tert-OH is 1. The van der Waals surface area contributed by atoms with Crippen LogP contribution in [0.3, 0.4) is 0 Å². The maximum absolute atomic E-state index is 9.98. The number of methoxy groups -OCH3 is 1. The fourth-order valence-corrected chi connectivity index (χ4v) is 2.89. The molecule has 0 heterocycles. The van der Waals surface area contributed by atoms with Gasteiger partial charge in [-0.05, 0) is 48.8 Å². The molecule has 2 rings (SSSR count). The molecule has 0 aliphatic heterocycles. The Morgan fingerprint density at radius 3 is 2.89 bits per heavy atom. The first-order valence-electron chi connectivity index (χ1n) is 7.19. The third-order valence-electron chi connectivity index (χ3n) is 3.78. The van der Waals surface area contributed by atoms with Gasteiger partial charge in [0.25, 0.3) is 0 Å². The quantitative estimate of drug-likeness (QED) is 0.802. The highest BCUT2D eigenvalue weighted by atomic mass is 16.5. The smallest absolute Gasteiger partial charge is 0.122 e. The lowest BCUT2D eigenvalue weighted by Gasteiger charge is -2.29. The third-order valence-corrected chi connectivity index (χ3v) is 3.78. The van der Waals surface area contributed by atoms with Crippen LogP contribution in [0.1, 0.15) is 37.8 Å². The summed E-state index contributed by atoms with van der Waals surface area (Å²) in [5, 5.41) is 13.3. The Morgan fingerprint density at radius 1 is 1.42 bits per heavy atom. The highest BCUT2D eigenvalue weighted by molar-refractivity contribution is 5.42. The largest absolute Gasteiger partial charge is 0.496 e. The van der Waals surface area contributed by atoms with Crippen molar-refractivity contribution in [1.29, 1.82) is 0 Å². The summed E-state index contributed by atoms with van der Waals surface area (Å²) < 4.78 is 5.41. The lowest BCUT2D eigenvalue weighted by molar-refractivity contribution is 0.0970. The maximum atomic E-state index is 9.98. The Bertz CT molecular complexity index is 417. The van der Waals surface area contributed by atoms with Gasteiger partial charge in [0.2, 0.25) is 0 Å². The van der Waals surface area contributed by atoms with Crippen LogP contribution < -0.4 is 10.1 Å². The van der Waals surface area contributed by atoms with E-state index in [0.717, 1.165) is 31.4 Å². The van der Waals surface area contributed by atoms with Crippen molar-refractivity contribution in [3.8, 4) is 5.75 Å². The second-order valence-corrected chi connectivity index (χ2v) is 5.85. The van der Waals surface area contributed by atoms with E-state index in [0.29, 0.717) is 12.0 Å². The van der Waals surface area contributed by atoms with Gasteiger partial charge in [-0.25, -0.2) is 0 Å². The zero-order valence-electron chi connectivity index (χ0n) is 12.1. The van der Waals surface area contributed by atoms with E-state index < -0.39 is 6.23 Å². The molecule has 0 saturated carbocycles. The maximum Gasteiger partial charge on any atom is 0.122 e. The number of nitrogens with one attached hydrogen (secondary N) is 1. The molecule has 0 radical (unpaired) electrons. The van der Waals surface area contributed by atoms with Gasteiger partial charge in [-0.2, -0.15) is 0 Å². The van der Waals surface area contributed by atoms with Crippen LogP contribution in [0.4, 0.5) is 0 Å². The van der Waals surface area contributed by atoms with Crippen LogP contribution in [0.15, 0.2) is 18.2 Å². The van der Waals surface area contributed by atoms with E-state index in [-0.39, 0.29) is 0 Å². The van der Waals surface area contributed by atoms with Gasteiger partial charge < -0.3 is 9.84 Å². The van der Waals surface area contributed by atoms with Crippen molar-refractivity contribution in [3.05, 3.63) is 29.3 Å². The average molecular weight is 263 g/mol. The Kier molecular flexibility index (Phi) is 4.83. The van der Waals surface area contributed by atoms with Crippen molar-refractivity contribution in [3.63, 3.8) is 0 Å². The second kappa shape index (κ2) is 6.40. The molecule has 2 atom stereocenters. The fraction of sp³-hybridized carbons (Fsp3) is 0.625. The molecule has 1 aromatic rings. The Morgan fingerprint density at radius 2 is 2.21 bits per heavy atom. The van der Waals surface area contributed by atoms with Crippen molar-refractivity contribution in [2.75, 3.05) is 7.11 Å². The molecule has 0 spiro atoms. The molecule has 3 nitrogen and oxygen atoms in total. The molecule has 3 heteroatoms. The summed E-state index contributed by atoms with van der Waals surface area (Å²) in [5.41, 5.74) is 2.68. The standard InChI is InChI=1S/C16H25NO2/c1-11(2)9-16(18)17-13-7-8-14-12(10-13)5-4-6-15(14)19-3/h4-6,11,13,16-18H,7-10H2,1-3H3/t13-,16-/m0/s1. The van der Waals surface area contributed by atoms with Gasteiger partial charge in [0.05, 0.1) is 7.11 Å². The summed E-state index contributed by atoms with van der Waals surface area (Å²) >= 11 is 0. The Balaban J connectivity index is 1.98. The highest BCUT2D eigenvalue weighted by Crippen LogP contribution is 2.29. The van der Waals surface area contributed by atoms with E-state index in [1.54, 1.807) is 7.11 Å². The number of rotatable bonds is 5. The highest BCUT2D eigenvalue weighted by Gasteiger charge is 2.22. The minimum Gasteiger partial charge on any atom is -0.496 e. The van der Waals surface area contributed by atoms with Crippen LogP contribution >= 0.6 is 0 Å². The van der Waals surface area contributed by atoms with Crippen molar-refractivity contribution in [2.24, 2.45) is 5.92 Å². The van der Waals surface area contributed by atoms with Crippen LogP contribution in [-0.4, -0.2) is 24.5 Å². The molecule has 1 aromatic carbocycles. The van der Waals surface area contributed by atoms with Crippen molar-refractivity contribution < 1.29 is 9.84 Å². The minimum atomic E-state index is -0.392. The molecule has 0 bridgehead atoms. The summed E-state index contributed by atoms with van der Waals surface area (Å²) in [6.07, 6.45) is 3.47. The number of hydrogen-bond acceptors (Lipinski definition) is 3. The lowest BCUT2D eigenvalue weighted by atomic mass is 9.87. The summed E-state index contributed by atoms with van der Waals surface area (Å²) in [6.45, 7) is 4.26. The SMILES string of the molecule is COc1cccc2c1CC[C@H](N[C@@H](O)CC(C)C)C2. The van der Waals surface area contributed by atoms with Crippen molar-refractivity contribution in [1.82, 2.24) is 5.32 Å². The predicted octanol–water partition coefficient (Wildman–Crippen LogP) is 2.51. The summed E-state index contributed by atoms with van der Waals surface area (Å²) in [5.74, 6) is 1.51. The molecule has 106 valence electrons. The Hall–Kier alpha value is -1.06. The van der Waals surface area contributed by atoms with Gasteiger partial charge in [-0.3, -0.25) is 5.32 Å². The zero-order chi connectivity index (χ0) is 13.8. The third kappa shape index (κ3) is 3.71. The normalized spacial score (nSPS) is 20.2. The molecule has 2 N–H and O–H groups in total. The lowest BCUT2D eigenvalue weighted by Crippen LogP contribution is -2.42. The van der Waals surface area contributed by atoms with E-state index in [1.165, 1.54) is 11.1 Å². The van der Waals surface area contributed by atoms with Gasteiger partial charge in [-0.15, -0.1) is 0 Å². The molecule has 0 aromatic heterocycles. The molecule has 19 heavy (non-hydrogen) atoms. The van der Waals surface area contributed by atoms with Crippen LogP contribution in [0.2, 0.25) is 0 Å². The summed E-state index contributed by atoms with van der Waals surface area (Å²) in [7, 11) is 1.73. The first-order valence-corrected chi connectivity index (χ1v) is 7.19. The predicted molar refractivity (Wildman–Crippen MR) is 77.4 cm³/mol. The van der Waals surface area contributed by atoms with Gasteiger partial charge in [0, 0.05) is 6.04 Å². The molecule has 1 aliphatic rings. The van der Waals surface area contributed by atoms with E-state index in [4.69, 9.17) is 4.74 Å². The number of aliphatic hydroxyl groups is 1. The molecule has 0 amide bonds. The number of fused-ring (bicyclic) bond motifs is 1. The first kappa shape index (κ1) is 14.4. The average Bonchev–Trinajstić information content (AvgIpc) is 2.36. The van der Waals surface area contributed by atoms with Gasteiger partial charge in [0.1, 0.15) is 12.0 Å². The molecule has 0 fully saturated rings. The Labute approximate surface area is 116 Å². The van der Waals surface area contributed by atoms with Gasteiger partial charge >= 0.3 is 0 Å². The topological polar surface area (TPSA) is 41.5 Å². The van der Waals surface area contributed by atoms with Crippen LogP contribution in [-0.2, 0) is 12.8 Å². The van der Waals surface area contributed by atoms with E-state index in [9.17, 15) is 5.11 Å². The first-order chi connectivity index (χ1) is 9.10. The minimum absolute atomic E-state index is 0.369. The monoisotopic (exact) mass is 263 g/mol. The number of ether oxygens (including phenoxy) is 1. The van der Waals surface area contributed by atoms with Crippen molar-refractivity contribution >= 4 is 0 Å². The number of hydrogen-bond donors (Lipinski definition) is 2. The molecule has 0 unspecified atom stereocenters. The number of benzene rings is 1. The fourth-order valence-electron chi connectivity index (χ4n) is 2.89. The molecule has 0 saturated heterocycles. The summed E-state index contributed by atoms with van der Waals surface area (Å²) in [6, 6.07) is 6.61. The van der Waals surface area contributed by atoms with E-state index in [1.807, 2.05) is 12.1 Å². The second-order valence-electron chi connectivity index (χ2n) is 5.85. The molecular weight excluding hydrogens is 238 g/mol. The van der Waals surface area contributed by atoms with Crippen LogP contribution in [0, 0.1) is 5.92 Å². The van der Waals surface area contributed by atoms with E-state index >= 15 is 0 Å². The summed E-state index contributed by atoms with van der Waals surface area (Å²) in [4.78, 5) is 0. The zero-order valence-corrected chi connectivity index (χ0v) is 12.1. The van der Waals surface area contributed by atoms with Crippen molar-refractivity contribution in [2.45, 2.75) is 51.8 Å². The molecule has 1 aliphatic carbocycles. The molecular formula is C16H25NO2. The van der Waals surface area contributed by atoms with E-state index in [2.05, 4.69) is 25.2 Å². The van der Waals surface area contributed by atoms with Crippen LogP contribution in [0.5, 0.6) is 5.75 Å². The van der Waals surface area contributed by atoms with Gasteiger partial charge in [0.15, 0.2) is 0 Å². The van der Waals surface area contributed by atoms with Gasteiger partial charge in [-0.1, -0.05) is 26.0 Å². The van der Waals surface area contributed by atoms with Crippen LogP contribution in [0.25, 0.3) is 0 Å².